The van der Waals surface area contributed by atoms with Crippen molar-refractivity contribution >= 4 is 29.3 Å². The lowest BCUT2D eigenvalue weighted by Gasteiger charge is -2.13. The van der Waals surface area contributed by atoms with E-state index in [1.54, 1.807) is 18.2 Å². The van der Waals surface area contributed by atoms with Crippen LogP contribution in [0.25, 0.3) is 0 Å². The zero-order chi connectivity index (χ0) is 17.5. The summed E-state index contributed by atoms with van der Waals surface area (Å²) in [5, 5.41) is 3.25. The Morgan fingerprint density at radius 1 is 1.33 bits per heavy atom. The van der Waals surface area contributed by atoms with Crippen molar-refractivity contribution in [2.45, 2.75) is 24.5 Å². The molecule has 0 fully saturated rings. The fourth-order valence-corrected chi connectivity index (χ4v) is 3.12. The number of methoxy groups -OCH3 is 1. The lowest BCUT2D eigenvalue weighted by molar-refractivity contribution is -0.120. The number of nitrogens with one attached hydrogen (secondary N) is 1. The molecule has 0 aliphatic carbocycles. The molecule has 0 aliphatic heterocycles. The van der Waals surface area contributed by atoms with Crippen LogP contribution in [-0.4, -0.2) is 18.3 Å². The Morgan fingerprint density at radius 2 is 2.08 bits per heavy atom. The van der Waals surface area contributed by atoms with E-state index in [9.17, 15) is 9.18 Å². The van der Waals surface area contributed by atoms with E-state index in [2.05, 4.69) is 5.32 Å². The lowest BCUT2D eigenvalue weighted by atomic mass is 10.2. The van der Waals surface area contributed by atoms with Crippen LogP contribution < -0.4 is 10.1 Å². The van der Waals surface area contributed by atoms with Crippen LogP contribution in [-0.2, 0) is 17.1 Å². The smallest absolute Gasteiger partial charge is 0.233 e. The number of hydrogen-bond donors (Lipinski definition) is 1. The van der Waals surface area contributed by atoms with E-state index in [0.29, 0.717) is 17.3 Å². The summed E-state index contributed by atoms with van der Waals surface area (Å²) in [4.78, 5) is 12.1. The Labute approximate surface area is 150 Å². The predicted molar refractivity (Wildman–Crippen MR) is 97.0 cm³/mol. The molecule has 2 rings (SSSR count). The number of ether oxygens (including phenoxy) is 1. The van der Waals surface area contributed by atoms with Gasteiger partial charge >= 0.3 is 0 Å². The predicted octanol–water partition coefficient (Wildman–Crippen LogP) is 4.43. The van der Waals surface area contributed by atoms with E-state index in [0.717, 1.165) is 11.1 Å². The van der Waals surface area contributed by atoms with Crippen molar-refractivity contribution in [3.8, 4) is 5.75 Å². The zero-order valence-electron chi connectivity index (χ0n) is 13.5. The molecule has 1 atom stereocenters. The standard InChI is InChI=1S/C18H19ClFNO2S/c1-12(18(22)21-10-14-5-3-4-6-15(14)19)24-11-13-7-8-17(23-2)16(20)9-13/h3-9,12H,10-11H2,1-2H3,(H,21,22). The number of carbonyl (C=O) groups is 1. The Hall–Kier alpha value is -1.72. The second kappa shape index (κ2) is 8.94. The number of thioether (sulfide) groups is 1. The fourth-order valence-electron chi connectivity index (χ4n) is 2.06. The molecular weight excluding hydrogens is 349 g/mol. The molecule has 2 aromatic rings. The van der Waals surface area contributed by atoms with Crippen molar-refractivity contribution in [3.63, 3.8) is 0 Å². The number of halogens is 2. The third-order valence-electron chi connectivity index (χ3n) is 3.50. The van der Waals surface area contributed by atoms with Gasteiger partial charge < -0.3 is 10.1 Å². The van der Waals surface area contributed by atoms with E-state index in [-0.39, 0.29) is 16.9 Å². The number of carbonyl (C=O) groups excluding carboxylic acids is 1. The Balaban J connectivity index is 1.83. The second-order valence-electron chi connectivity index (χ2n) is 5.23. The average Bonchev–Trinajstić information content (AvgIpc) is 2.58. The quantitative estimate of drug-likeness (QED) is 0.787. The molecule has 0 bridgehead atoms. The largest absolute Gasteiger partial charge is 0.494 e. The van der Waals surface area contributed by atoms with Gasteiger partial charge in [-0.2, -0.15) is 0 Å². The first-order chi connectivity index (χ1) is 11.5. The fraction of sp³-hybridized carbons (Fsp3) is 0.278. The molecule has 128 valence electrons. The second-order valence-corrected chi connectivity index (χ2v) is 6.97. The van der Waals surface area contributed by atoms with Gasteiger partial charge in [-0.15, -0.1) is 11.8 Å². The zero-order valence-corrected chi connectivity index (χ0v) is 15.1. The summed E-state index contributed by atoms with van der Waals surface area (Å²) in [6.45, 7) is 2.22. The minimum absolute atomic E-state index is 0.0751. The first-order valence-corrected chi connectivity index (χ1v) is 8.89. The van der Waals surface area contributed by atoms with E-state index in [1.807, 2.05) is 25.1 Å². The van der Waals surface area contributed by atoms with Gasteiger partial charge in [0.15, 0.2) is 11.6 Å². The first-order valence-electron chi connectivity index (χ1n) is 7.46. The van der Waals surface area contributed by atoms with Crippen molar-refractivity contribution < 1.29 is 13.9 Å². The summed E-state index contributed by atoms with van der Waals surface area (Å²) in [6.07, 6.45) is 0. The van der Waals surface area contributed by atoms with Gasteiger partial charge in [-0.3, -0.25) is 4.79 Å². The van der Waals surface area contributed by atoms with E-state index < -0.39 is 5.82 Å². The molecule has 1 unspecified atom stereocenters. The van der Waals surface area contributed by atoms with Crippen LogP contribution in [0.1, 0.15) is 18.1 Å². The monoisotopic (exact) mass is 367 g/mol. The molecule has 3 nitrogen and oxygen atoms in total. The van der Waals surface area contributed by atoms with Gasteiger partial charge in [0, 0.05) is 17.3 Å². The molecule has 0 aromatic heterocycles. The molecule has 0 spiro atoms. The molecule has 2 aromatic carbocycles. The van der Waals surface area contributed by atoms with Crippen molar-refractivity contribution in [2.75, 3.05) is 7.11 Å². The van der Waals surface area contributed by atoms with Crippen LogP contribution in [0.4, 0.5) is 4.39 Å². The molecular formula is C18H19ClFNO2S. The van der Waals surface area contributed by atoms with Crippen molar-refractivity contribution in [1.29, 1.82) is 0 Å². The number of hydrogen-bond acceptors (Lipinski definition) is 3. The summed E-state index contributed by atoms with van der Waals surface area (Å²) >= 11 is 7.51. The third kappa shape index (κ3) is 5.14. The molecule has 0 radical (unpaired) electrons. The topological polar surface area (TPSA) is 38.3 Å². The molecule has 0 saturated heterocycles. The highest BCUT2D eigenvalue weighted by Crippen LogP contribution is 2.23. The summed E-state index contributed by atoms with van der Waals surface area (Å²) in [7, 11) is 1.43. The van der Waals surface area contributed by atoms with E-state index >= 15 is 0 Å². The van der Waals surface area contributed by atoms with Gasteiger partial charge in [-0.05, 0) is 36.2 Å². The van der Waals surface area contributed by atoms with Crippen LogP contribution in [0.3, 0.4) is 0 Å². The average molecular weight is 368 g/mol. The van der Waals surface area contributed by atoms with Gasteiger partial charge in [-0.25, -0.2) is 4.39 Å². The highest BCUT2D eigenvalue weighted by molar-refractivity contribution is 7.99. The molecule has 6 heteroatoms. The van der Waals surface area contributed by atoms with Crippen LogP contribution in [0.2, 0.25) is 5.02 Å². The van der Waals surface area contributed by atoms with Crippen molar-refractivity contribution in [2.24, 2.45) is 0 Å². The minimum atomic E-state index is -0.397. The van der Waals surface area contributed by atoms with Crippen LogP contribution in [0.5, 0.6) is 5.75 Å². The van der Waals surface area contributed by atoms with Gasteiger partial charge in [0.2, 0.25) is 5.91 Å². The minimum Gasteiger partial charge on any atom is -0.494 e. The Bertz CT molecular complexity index is 711. The molecule has 24 heavy (non-hydrogen) atoms. The molecule has 1 amide bonds. The van der Waals surface area contributed by atoms with E-state index in [1.165, 1.54) is 24.9 Å². The van der Waals surface area contributed by atoms with Crippen LogP contribution in [0.15, 0.2) is 42.5 Å². The third-order valence-corrected chi connectivity index (χ3v) is 5.08. The van der Waals surface area contributed by atoms with Crippen LogP contribution in [0, 0.1) is 5.82 Å². The maximum atomic E-state index is 13.7. The molecule has 0 aliphatic rings. The summed E-state index contributed by atoms with van der Waals surface area (Å²) < 4.78 is 18.5. The van der Waals surface area contributed by atoms with Gasteiger partial charge in [-0.1, -0.05) is 35.9 Å². The summed E-state index contributed by atoms with van der Waals surface area (Å²) in [5.41, 5.74) is 1.69. The number of benzene rings is 2. The van der Waals surface area contributed by atoms with Crippen molar-refractivity contribution in [3.05, 3.63) is 64.4 Å². The van der Waals surface area contributed by atoms with Gasteiger partial charge in [0.25, 0.3) is 0 Å². The highest BCUT2D eigenvalue weighted by Gasteiger charge is 2.14. The summed E-state index contributed by atoms with van der Waals surface area (Å²) in [5.74, 6) is 0.288. The maximum absolute atomic E-state index is 13.7. The molecule has 0 heterocycles. The van der Waals surface area contributed by atoms with E-state index in [4.69, 9.17) is 16.3 Å². The van der Waals surface area contributed by atoms with Crippen molar-refractivity contribution in [1.82, 2.24) is 5.32 Å². The Morgan fingerprint density at radius 3 is 2.75 bits per heavy atom. The molecule has 1 N–H and O–H groups in total. The lowest BCUT2D eigenvalue weighted by Crippen LogP contribution is -2.30. The van der Waals surface area contributed by atoms with Gasteiger partial charge in [0.1, 0.15) is 0 Å². The first kappa shape index (κ1) is 18.6. The normalized spacial score (nSPS) is 11.8. The van der Waals surface area contributed by atoms with Crippen LogP contribution >= 0.6 is 23.4 Å². The highest BCUT2D eigenvalue weighted by atomic mass is 35.5. The SMILES string of the molecule is COc1ccc(CSC(C)C(=O)NCc2ccccc2Cl)cc1F. The Kier molecular flexibility index (Phi) is 6.94. The maximum Gasteiger partial charge on any atom is 0.233 e. The number of rotatable bonds is 7. The summed E-state index contributed by atoms with van der Waals surface area (Å²) in [6, 6.07) is 12.2. The molecule has 0 saturated carbocycles. The van der Waals surface area contributed by atoms with Gasteiger partial charge in [0.05, 0.1) is 12.4 Å². The number of amides is 1.